The zero-order valence-electron chi connectivity index (χ0n) is 16.9. The summed E-state index contributed by atoms with van der Waals surface area (Å²) in [5.41, 5.74) is 0.793. The maximum atomic E-state index is 13.2. The summed E-state index contributed by atoms with van der Waals surface area (Å²) in [5, 5.41) is 7.70. The highest BCUT2D eigenvalue weighted by atomic mass is 32.2. The number of methoxy groups -OCH3 is 1. The topological polar surface area (TPSA) is 38.3 Å². The number of Topliss-reactive ketones (excluding diaryl/α,β-unsaturated/α-hetero) is 1. The number of rotatable bonds is 4. The molecule has 0 spiro atoms. The molecule has 31 heavy (non-hydrogen) atoms. The lowest BCUT2D eigenvalue weighted by Gasteiger charge is -2.12. The van der Waals surface area contributed by atoms with E-state index < -0.39 is 22.2 Å². The van der Waals surface area contributed by atoms with Gasteiger partial charge < -0.3 is 10.1 Å². The highest BCUT2D eigenvalue weighted by Crippen LogP contribution is 2.41. The first-order valence-corrected chi connectivity index (χ1v) is 11.0. The van der Waals surface area contributed by atoms with Crippen molar-refractivity contribution in [3.63, 3.8) is 0 Å². The molecule has 3 aromatic rings. The van der Waals surface area contributed by atoms with Crippen molar-refractivity contribution in [3.8, 4) is 5.75 Å². The highest BCUT2D eigenvalue weighted by Gasteiger charge is 2.33. The molecule has 1 heterocycles. The van der Waals surface area contributed by atoms with E-state index in [2.05, 4.69) is 5.32 Å². The summed E-state index contributed by atoms with van der Waals surface area (Å²) in [4.78, 5) is 12.9. The van der Waals surface area contributed by atoms with Crippen LogP contribution in [-0.2, 0) is 11.0 Å². The van der Waals surface area contributed by atoms with Gasteiger partial charge in [-0.1, -0.05) is 42.5 Å². The average molecular weight is 443 g/mol. The van der Waals surface area contributed by atoms with Gasteiger partial charge >= 0.3 is 6.18 Å². The van der Waals surface area contributed by atoms with Crippen molar-refractivity contribution in [2.24, 2.45) is 0 Å². The maximum Gasteiger partial charge on any atom is 0.416 e. The minimum absolute atomic E-state index is 0.166. The molecule has 4 rings (SSSR count). The third-order valence-electron chi connectivity index (χ3n) is 5.17. The summed E-state index contributed by atoms with van der Waals surface area (Å²) >= 11 is 0. The van der Waals surface area contributed by atoms with Crippen LogP contribution in [0.1, 0.15) is 16.7 Å². The van der Waals surface area contributed by atoms with Crippen LogP contribution in [0.5, 0.6) is 5.75 Å². The quantitative estimate of drug-likeness (QED) is 0.545. The lowest BCUT2D eigenvalue weighted by molar-refractivity contribution is -0.137. The Hall–Kier alpha value is -3.06. The van der Waals surface area contributed by atoms with E-state index in [4.69, 9.17) is 4.74 Å². The normalized spacial score (nSPS) is 16.9. The van der Waals surface area contributed by atoms with E-state index in [0.717, 1.165) is 34.2 Å². The monoisotopic (exact) mass is 443 g/mol. The van der Waals surface area contributed by atoms with Crippen LogP contribution in [0.4, 0.5) is 13.2 Å². The van der Waals surface area contributed by atoms with Crippen LogP contribution >= 0.6 is 10.5 Å². The van der Waals surface area contributed by atoms with Crippen LogP contribution in [-0.4, -0.2) is 31.1 Å². The van der Waals surface area contributed by atoms with Crippen molar-refractivity contribution < 1.29 is 22.7 Å². The van der Waals surface area contributed by atoms with E-state index in [0.29, 0.717) is 10.6 Å². The second-order valence-corrected chi connectivity index (χ2v) is 8.84. The molecule has 1 N–H and O–H groups in total. The molecular weight excluding hydrogens is 423 g/mol. The lowest BCUT2D eigenvalue weighted by atomic mass is 10.0. The van der Waals surface area contributed by atoms with Gasteiger partial charge in [0.2, 0.25) is 0 Å². The largest absolute Gasteiger partial charge is 0.496 e. The predicted molar refractivity (Wildman–Crippen MR) is 121 cm³/mol. The second-order valence-electron chi connectivity index (χ2n) is 7.05. The fourth-order valence-electron chi connectivity index (χ4n) is 3.78. The maximum absolute atomic E-state index is 13.2. The van der Waals surface area contributed by atoms with Crippen LogP contribution < -0.4 is 10.1 Å². The van der Waals surface area contributed by atoms with Crippen LogP contribution in [0.15, 0.2) is 65.7 Å². The first-order chi connectivity index (χ1) is 14.8. The molecule has 1 unspecified atom stereocenters. The number of carbonyl (C=O) groups is 1. The summed E-state index contributed by atoms with van der Waals surface area (Å²) in [6.07, 6.45) is -4.46. The van der Waals surface area contributed by atoms with E-state index in [1.165, 1.54) is 6.07 Å². The number of nitrogens with one attached hydrogen (secondary N) is 1. The molecule has 160 valence electrons. The lowest BCUT2D eigenvalue weighted by Crippen LogP contribution is -2.08. The number of fused-ring (bicyclic) bond motifs is 1. The molecule has 0 aromatic heterocycles. The van der Waals surface area contributed by atoms with Crippen molar-refractivity contribution in [3.05, 3.63) is 82.4 Å². The van der Waals surface area contributed by atoms with Gasteiger partial charge in [-0.15, -0.1) is 10.5 Å². The van der Waals surface area contributed by atoms with Crippen LogP contribution in [0.3, 0.4) is 0 Å². The van der Waals surface area contributed by atoms with Crippen molar-refractivity contribution in [1.82, 2.24) is 5.32 Å². The van der Waals surface area contributed by atoms with Crippen molar-refractivity contribution in [2.75, 3.05) is 19.9 Å². The molecule has 7 heteroatoms. The molecule has 0 amide bonds. The first-order valence-electron chi connectivity index (χ1n) is 9.56. The van der Waals surface area contributed by atoms with Gasteiger partial charge in [0.05, 0.1) is 29.0 Å². The Balaban J connectivity index is 1.85. The van der Waals surface area contributed by atoms with Gasteiger partial charge in [-0.25, -0.2) is 0 Å². The molecule has 1 aliphatic heterocycles. The molecule has 3 aromatic carbocycles. The molecule has 0 saturated heterocycles. The Morgan fingerprint density at radius 3 is 2.45 bits per heavy atom. The third kappa shape index (κ3) is 3.97. The van der Waals surface area contributed by atoms with Gasteiger partial charge in [0.1, 0.15) is 5.75 Å². The number of ether oxygens (including phenoxy) is 1. The Morgan fingerprint density at radius 1 is 1.03 bits per heavy atom. The highest BCUT2D eigenvalue weighted by molar-refractivity contribution is 8.19. The molecule has 0 saturated carbocycles. The van der Waals surface area contributed by atoms with E-state index in [1.807, 2.05) is 41.8 Å². The van der Waals surface area contributed by atoms with Gasteiger partial charge in [-0.2, -0.15) is 13.2 Å². The van der Waals surface area contributed by atoms with Gasteiger partial charge in [-0.05, 0) is 40.1 Å². The summed E-state index contributed by atoms with van der Waals surface area (Å²) < 4.78 is 45.0. The van der Waals surface area contributed by atoms with Gasteiger partial charge in [0.25, 0.3) is 0 Å². The van der Waals surface area contributed by atoms with Crippen LogP contribution in [0.2, 0.25) is 0 Å². The number of allylic oxidation sites excluding steroid dienone is 1. The zero-order chi connectivity index (χ0) is 22.2. The SMILES string of the molecule is CNC1=C(c2cccc(C(F)(F)F)c2)C(=O)CS1=Cc1cccc2c(OC)cccc12. The predicted octanol–water partition coefficient (Wildman–Crippen LogP) is 5.46. The Kier molecular flexibility index (Phi) is 5.62. The van der Waals surface area contributed by atoms with Crippen LogP contribution in [0, 0.1) is 0 Å². The Morgan fingerprint density at radius 2 is 1.74 bits per heavy atom. The number of carbonyl (C=O) groups excluding carboxylic acids is 1. The number of halogens is 3. The van der Waals surface area contributed by atoms with E-state index in [9.17, 15) is 18.0 Å². The van der Waals surface area contributed by atoms with E-state index >= 15 is 0 Å². The number of ketones is 1. The standard InChI is InChI=1S/C24H20F3NO2S/c1-28-23-22(15-6-3-8-17(12-15)24(25,26)27)20(29)14-31(23)13-16-7-4-10-19-18(16)9-5-11-21(19)30-2/h3-13,28H,14H2,1-2H3. The minimum atomic E-state index is -4.46. The fraction of sp³-hybridized carbons (Fsp3) is 0.167. The molecule has 3 nitrogen and oxygen atoms in total. The van der Waals surface area contributed by atoms with Gasteiger partial charge in [0, 0.05) is 12.4 Å². The van der Waals surface area contributed by atoms with Crippen molar-refractivity contribution in [2.45, 2.75) is 6.18 Å². The van der Waals surface area contributed by atoms with Crippen molar-refractivity contribution in [1.29, 1.82) is 0 Å². The molecule has 1 aliphatic rings. The van der Waals surface area contributed by atoms with E-state index in [-0.39, 0.29) is 17.1 Å². The minimum Gasteiger partial charge on any atom is -0.496 e. The summed E-state index contributed by atoms with van der Waals surface area (Å²) in [6.45, 7) is 0. The van der Waals surface area contributed by atoms with Crippen molar-refractivity contribution >= 4 is 38.0 Å². The average Bonchev–Trinajstić information content (AvgIpc) is 3.07. The molecule has 0 bridgehead atoms. The molecule has 0 radical (unpaired) electrons. The zero-order valence-corrected chi connectivity index (χ0v) is 17.7. The number of hydrogen-bond donors (Lipinski definition) is 1. The summed E-state index contributed by atoms with van der Waals surface area (Å²) in [7, 11) is 2.72. The number of alkyl halides is 3. The fourth-order valence-corrected chi connectivity index (χ4v) is 5.82. The summed E-state index contributed by atoms with van der Waals surface area (Å²) in [6, 6.07) is 16.6. The Labute approximate surface area is 180 Å². The van der Waals surface area contributed by atoms with E-state index in [1.54, 1.807) is 20.2 Å². The molecule has 0 aliphatic carbocycles. The molecule has 0 fully saturated rings. The van der Waals surface area contributed by atoms with Gasteiger partial charge in [0.15, 0.2) is 5.78 Å². The number of benzene rings is 3. The van der Waals surface area contributed by atoms with Crippen LogP contribution in [0.25, 0.3) is 16.3 Å². The Bertz CT molecular complexity index is 1250. The second kappa shape index (κ2) is 8.23. The third-order valence-corrected chi connectivity index (χ3v) is 7.21. The molecule has 1 atom stereocenters. The smallest absolute Gasteiger partial charge is 0.416 e. The van der Waals surface area contributed by atoms with Gasteiger partial charge in [-0.3, -0.25) is 4.79 Å². The first kappa shape index (κ1) is 21.2. The summed E-state index contributed by atoms with van der Waals surface area (Å²) in [5.74, 6) is 0.816. The number of hydrogen-bond acceptors (Lipinski definition) is 3. The molecular formula is C24H20F3NO2S.